The number of carbonyl (C=O) groups is 1. The SMILES string of the molecule is CC1(C)OB(c2cc3oc4ccc(-c5ncc([C@@H]6CCCN6C(=O)OCc6ccccc6)[nH]5)cc4c(=O)c3cc2F)OC1(C)C. The van der Waals surface area contributed by atoms with Crippen molar-refractivity contribution < 1.29 is 27.6 Å². The third kappa shape index (κ3) is 5.19. The third-order valence-electron chi connectivity index (χ3n) is 9.22. The number of imidazole rings is 1. The van der Waals surface area contributed by atoms with Gasteiger partial charge in [-0.15, -0.1) is 0 Å². The Bertz CT molecular complexity index is 1970. The van der Waals surface area contributed by atoms with Gasteiger partial charge in [0.15, 0.2) is 0 Å². The number of carbonyl (C=O) groups excluding carboxylic acids is 1. The number of halogens is 1. The van der Waals surface area contributed by atoms with Crippen molar-refractivity contribution in [2.24, 2.45) is 0 Å². The molecule has 7 rings (SSSR count). The fraction of sp³-hybridized carbons (Fsp3) is 0.324. The molecule has 1 N–H and O–H groups in total. The molecular formula is C34H33BFN3O6. The molecule has 4 heterocycles. The van der Waals surface area contributed by atoms with Crippen LogP contribution in [0.25, 0.3) is 33.3 Å². The van der Waals surface area contributed by atoms with Crippen molar-refractivity contribution in [3.63, 3.8) is 0 Å². The molecule has 5 aromatic rings. The Balaban J connectivity index is 1.15. The van der Waals surface area contributed by atoms with Crippen molar-refractivity contribution in [1.82, 2.24) is 14.9 Å². The van der Waals surface area contributed by atoms with Crippen LogP contribution in [0.4, 0.5) is 9.18 Å². The van der Waals surface area contributed by atoms with Gasteiger partial charge < -0.3 is 23.4 Å². The number of hydrogen-bond acceptors (Lipinski definition) is 7. The summed E-state index contributed by atoms with van der Waals surface area (Å²) in [4.78, 5) is 36.1. The van der Waals surface area contributed by atoms with Gasteiger partial charge in [-0.05, 0) is 76.4 Å². The lowest BCUT2D eigenvalue weighted by Crippen LogP contribution is -2.41. The molecule has 2 aromatic heterocycles. The number of hydrogen-bond donors (Lipinski definition) is 1. The molecule has 230 valence electrons. The third-order valence-corrected chi connectivity index (χ3v) is 9.22. The van der Waals surface area contributed by atoms with E-state index < -0.39 is 24.1 Å². The highest BCUT2D eigenvalue weighted by Gasteiger charge is 2.52. The number of aromatic amines is 1. The number of amides is 1. The fourth-order valence-electron chi connectivity index (χ4n) is 5.95. The van der Waals surface area contributed by atoms with Crippen molar-refractivity contribution in [1.29, 1.82) is 0 Å². The van der Waals surface area contributed by atoms with Crippen LogP contribution in [-0.4, -0.2) is 45.8 Å². The maximum Gasteiger partial charge on any atom is 0.497 e. The van der Waals surface area contributed by atoms with E-state index in [0.717, 1.165) is 24.1 Å². The Hall–Kier alpha value is -4.48. The van der Waals surface area contributed by atoms with Gasteiger partial charge in [-0.3, -0.25) is 9.69 Å². The Morgan fingerprint density at radius 3 is 2.53 bits per heavy atom. The number of aromatic nitrogens is 2. The van der Waals surface area contributed by atoms with Gasteiger partial charge in [-0.25, -0.2) is 14.2 Å². The van der Waals surface area contributed by atoms with Gasteiger partial charge in [0.25, 0.3) is 0 Å². The zero-order chi connectivity index (χ0) is 31.5. The maximum absolute atomic E-state index is 15.4. The number of rotatable bonds is 5. The maximum atomic E-state index is 15.4. The van der Waals surface area contributed by atoms with E-state index in [0.29, 0.717) is 28.9 Å². The van der Waals surface area contributed by atoms with Gasteiger partial charge in [0.1, 0.15) is 29.4 Å². The monoisotopic (exact) mass is 609 g/mol. The second-order valence-electron chi connectivity index (χ2n) is 12.7. The summed E-state index contributed by atoms with van der Waals surface area (Å²) < 4.78 is 39.1. The summed E-state index contributed by atoms with van der Waals surface area (Å²) in [6.45, 7) is 8.36. The first-order valence-electron chi connectivity index (χ1n) is 15.1. The highest BCUT2D eigenvalue weighted by atomic mass is 19.1. The Morgan fingerprint density at radius 1 is 1.04 bits per heavy atom. The molecule has 2 saturated heterocycles. The second kappa shape index (κ2) is 10.9. The van der Waals surface area contributed by atoms with Crippen molar-refractivity contribution in [3.8, 4) is 11.4 Å². The molecule has 0 unspecified atom stereocenters. The normalized spacial score (nSPS) is 19.1. The van der Waals surface area contributed by atoms with E-state index in [-0.39, 0.29) is 40.6 Å². The van der Waals surface area contributed by atoms with Crippen LogP contribution in [0.2, 0.25) is 0 Å². The smallest absolute Gasteiger partial charge is 0.456 e. The number of nitrogens with one attached hydrogen (secondary N) is 1. The molecule has 3 aromatic carbocycles. The molecule has 2 aliphatic rings. The van der Waals surface area contributed by atoms with E-state index in [9.17, 15) is 9.59 Å². The summed E-state index contributed by atoms with van der Waals surface area (Å²) in [7, 11) is -0.933. The van der Waals surface area contributed by atoms with Crippen molar-refractivity contribution >= 4 is 40.6 Å². The largest absolute Gasteiger partial charge is 0.497 e. The first kappa shape index (κ1) is 29.2. The van der Waals surface area contributed by atoms with Gasteiger partial charge in [-0.2, -0.15) is 0 Å². The first-order chi connectivity index (χ1) is 21.5. The van der Waals surface area contributed by atoms with Crippen molar-refractivity contribution in [2.75, 3.05) is 6.54 Å². The molecule has 0 radical (unpaired) electrons. The highest BCUT2D eigenvalue weighted by Crippen LogP contribution is 2.37. The molecule has 45 heavy (non-hydrogen) atoms. The molecule has 0 bridgehead atoms. The fourth-order valence-corrected chi connectivity index (χ4v) is 5.95. The average Bonchev–Trinajstić information content (AvgIpc) is 3.74. The predicted octanol–water partition coefficient (Wildman–Crippen LogP) is 6.25. The van der Waals surface area contributed by atoms with E-state index >= 15 is 4.39 Å². The molecule has 9 nitrogen and oxygen atoms in total. The minimum Gasteiger partial charge on any atom is -0.456 e. The molecule has 1 amide bonds. The van der Waals surface area contributed by atoms with Crippen LogP contribution in [0.3, 0.4) is 0 Å². The molecule has 0 aliphatic carbocycles. The zero-order valence-electron chi connectivity index (χ0n) is 25.6. The number of nitrogens with zero attached hydrogens (tertiary/aromatic N) is 2. The van der Waals surface area contributed by atoms with Crippen LogP contribution in [0.5, 0.6) is 0 Å². The Morgan fingerprint density at radius 2 is 1.78 bits per heavy atom. The molecule has 11 heteroatoms. The van der Waals surface area contributed by atoms with Crippen molar-refractivity contribution in [3.05, 3.63) is 94.2 Å². The van der Waals surface area contributed by atoms with E-state index in [2.05, 4.69) is 9.97 Å². The lowest BCUT2D eigenvalue weighted by molar-refractivity contribution is 0.00578. The molecule has 0 saturated carbocycles. The number of likely N-dealkylation sites (tertiary alicyclic amines) is 1. The van der Waals surface area contributed by atoms with E-state index in [1.54, 1.807) is 29.3 Å². The van der Waals surface area contributed by atoms with Crippen LogP contribution >= 0.6 is 0 Å². The van der Waals surface area contributed by atoms with E-state index in [1.807, 2.05) is 58.0 Å². The number of benzene rings is 3. The topological polar surface area (TPSA) is 107 Å². The quantitative estimate of drug-likeness (QED) is 0.186. The highest BCUT2D eigenvalue weighted by molar-refractivity contribution is 6.62. The number of fused-ring (bicyclic) bond motifs is 2. The number of H-pyrrole nitrogens is 1. The zero-order valence-corrected chi connectivity index (χ0v) is 25.6. The van der Waals surface area contributed by atoms with Crippen LogP contribution in [-0.2, 0) is 20.7 Å². The first-order valence-corrected chi connectivity index (χ1v) is 15.1. The molecule has 1 atom stereocenters. The standard InChI is InChI=1S/C34H33BFN3O6/c1-33(2)34(3,4)45-35(44-33)24-17-29-23(16-25(24)36)30(40)22-15-21(12-13-28(22)43-29)31-37-18-26(38-31)27-11-8-14-39(27)32(41)42-19-20-9-6-5-7-10-20/h5-7,9-10,12-13,15-18,27H,8,11,14,19H2,1-4H3,(H,37,38)/t27-/m0/s1. The summed E-state index contributed by atoms with van der Waals surface area (Å²) in [5.41, 5.74) is 1.49. The summed E-state index contributed by atoms with van der Waals surface area (Å²) in [6.07, 6.45) is 2.95. The molecule has 0 spiro atoms. The number of ether oxygens (including phenoxy) is 1. The Kier molecular flexibility index (Phi) is 7.05. The predicted molar refractivity (Wildman–Crippen MR) is 169 cm³/mol. The van der Waals surface area contributed by atoms with E-state index in [4.69, 9.17) is 18.5 Å². The van der Waals surface area contributed by atoms with Crippen molar-refractivity contribution in [2.45, 2.75) is 64.4 Å². The van der Waals surface area contributed by atoms with Gasteiger partial charge in [0.2, 0.25) is 5.43 Å². The average molecular weight is 609 g/mol. The molecular weight excluding hydrogens is 576 g/mol. The van der Waals surface area contributed by atoms with Crippen LogP contribution < -0.4 is 10.9 Å². The van der Waals surface area contributed by atoms with Gasteiger partial charge in [0, 0.05) is 17.6 Å². The Labute approximate surface area is 259 Å². The minimum atomic E-state index is -0.933. The van der Waals surface area contributed by atoms with Gasteiger partial charge >= 0.3 is 13.2 Å². The summed E-state index contributed by atoms with van der Waals surface area (Å²) in [6, 6.07) is 17.2. The lowest BCUT2D eigenvalue weighted by atomic mass is 9.78. The van der Waals surface area contributed by atoms with E-state index in [1.165, 1.54) is 12.1 Å². The van der Waals surface area contributed by atoms with Crippen LogP contribution in [0.15, 0.2) is 76.1 Å². The van der Waals surface area contributed by atoms with Crippen LogP contribution in [0.1, 0.15) is 57.8 Å². The van der Waals surface area contributed by atoms with Gasteiger partial charge in [0.05, 0.1) is 39.9 Å². The molecule has 2 aliphatic heterocycles. The summed E-state index contributed by atoms with van der Waals surface area (Å²) in [5, 5.41) is 0.417. The minimum absolute atomic E-state index is 0.119. The summed E-state index contributed by atoms with van der Waals surface area (Å²) >= 11 is 0. The lowest BCUT2D eigenvalue weighted by Gasteiger charge is -2.32. The second-order valence-corrected chi connectivity index (χ2v) is 12.7. The summed E-state index contributed by atoms with van der Waals surface area (Å²) in [5.74, 6) is -0.0684. The van der Waals surface area contributed by atoms with Gasteiger partial charge in [-0.1, -0.05) is 30.3 Å². The van der Waals surface area contributed by atoms with Crippen LogP contribution in [0, 0.1) is 5.82 Å². The molecule has 2 fully saturated rings.